The highest BCUT2D eigenvalue weighted by Gasteiger charge is 2.32. The third-order valence-electron chi connectivity index (χ3n) is 4.54. The van der Waals surface area contributed by atoms with Crippen molar-refractivity contribution in [2.45, 2.75) is 25.4 Å². The molecule has 2 aliphatic rings. The maximum Gasteiger partial charge on any atom is 0.228 e. The molecule has 134 valence electrons. The smallest absolute Gasteiger partial charge is 0.228 e. The zero-order valence-electron chi connectivity index (χ0n) is 13.8. The lowest BCUT2D eigenvalue weighted by Crippen LogP contribution is -2.38. The number of morpholine rings is 1. The van der Waals surface area contributed by atoms with Crippen LogP contribution in [-0.2, 0) is 32.3 Å². The zero-order chi connectivity index (χ0) is 17.2. The first-order valence-electron chi connectivity index (χ1n) is 8.12. The molecule has 0 aromatic carbocycles. The summed E-state index contributed by atoms with van der Waals surface area (Å²) in [6.07, 6.45) is 0.760. The number of thiazole rings is 1. The molecule has 0 saturated carbocycles. The summed E-state index contributed by atoms with van der Waals surface area (Å²) in [5, 5.41) is 2.93. The Bertz CT molecular complexity index is 683. The number of nitrogens with zero attached hydrogens (tertiary/aromatic N) is 3. The second kappa shape index (κ2) is 7.47. The van der Waals surface area contributed by atoms with Crippen LogP contribution in [0.1, 0.15) is 17.1 Å². The van der Waals surface area contributed by atoms with E-state index >= 15 is 0 Å². The maximum absolute atomic E-state index is 12.4. The number of carbonyl (C=O) groups excluding carboxylic acids is 1. The van der Waals surface area contributed by atoms with Gasteiger partial charge in [-0.3, -0.25) is 9.69 Å². The fourth-order valence-corrected chi connectivity index (χ4v) is 5.63. The molecule has 0 spiro atoms. The number of amides is 1. The summed E-state index contributed by atoms with van der Waals surface area (Å²) in [5.41, 5.74) is 0.765. The number of sulfone groups is 1. The van der Waals surface area contributed by atoms with Crippen LogP contribution < -0.4 is 0 Å². The van der Waals surface area contributed by atoms with E-state index in [-0.39, 0.29) is 29.9 Å². The van der Waals surface area contributed by atoms with E-state index in [0.717, 1.165) is 43.5 Å². The van der Waals surface area contributed by atoms with Gasteiger partial charge < -0.3 is 9.64 Å². The van der Waals surface area contributed by atoms with Gasteiger partial charge in [0.2, 0.25) is 5.91 Å². The van der Waals surface area contributed by atoms with E-state index in [1.54, 1.807) is 23.3 Å². The first-order valence-corrected chi connectivity index (χ1v) is 10.8. The number of carbonyl (C=O) groups is 1. The van der Waals surface area contributed by atoms with Crippen molar-refractivity contribution >= 4 is 27.1 Å². The minimum Gasteiger partial charge on any atom is -0.379 e. The summed E-state index contributed by atoms with van der Waals surface area (Å²) in [6, 6.07) is -0.200. The number of hydrogen-bond acceptors (Lipinski definition) is 7. The first kappa shape index (κ1) is 17.8. The Morgan fingerprint density at radius 2 is 2.21 bits per heavy atom. The van der Waals surface area contributed by atoms with Crippen LogP contribution in [-0.4, -0.2) is 80.0 Å². The van der Waals surface area contributed by atoms with Gasteiger partial charge in [-0.15, -0.1) is 11.3 Å². The third kappa shape index (κ3) is 4.53. The molecule has 3 rings (SSSR count). The number of rotatable bonds is 5. The molecule has 2 saturated heterocycles. The molecule has 1 aromatic rings. The van der Waals surface area contributed by atoms with Gasteiger partial charge in [0.25, 0.3) is 0 Å². The Balaban J connectivity index is 1.53. The minimum atomic E-state index is -2.98. The van der Waals surface area contributed by atoms with Crippen LogP contribution in [0.3, 0.4) is 0 Å². The number of ether oxygens (including phenoxy) is 1. The summed E-state index contributed by atoms with van der Waals surface area (Å²) in [7, 11) is -1.29. The van der Waals surface area contributed by atoms with Crippen molar-refractivity contribution in [3.63, 3.8) is 0 Å². The van der Waals surface area contributed by atoms with Crippen molar-refractivity contribution in [3.05, 3.63) is 16.1 Å². The average molecular weight is 374 g/mol. The van der Waals surface area contributed by atoms with Crippen molar-refractivity contribution < 1.29 is 17.9 Å². The Hall–Kier alpha value is -1.03. The first-order chi connectivity index (χ1) is 11.4. The molecule has 0 radical (unpaired) electrons. The topological polar surface area (TPSA) is 79.8 Å². The number of likely N-dealkylation sites (N-methyl/N-ethyl adjacent to an activating group) is 1. The number of aromatic nitrogens is 1. The van der Waals surface area contributed by atoms with Crippen LogP contribution in [0.2, 0.25) is 0 Å². The summed E-state index contributed by atoms with van der Waals surface area (Å²) in [6.45, 7) is 4.12. The molecule has 0 bridgehead atoms. The lowest BCUT2D eigenvalue weighted by atomic mass is 10.2. The molecule has 0 aliphatic carbocycles. The van der Waals surface area contributed by atoms with Gasteiger partial charge in [-0.05, 0) is 6.42 Å². The fraction of sp³-hybridized carbons (Fsp3) is 0.733. The Kier molecular flexibility index (Phi) is 5.53. The van der Waals surface area contributed by atoms with Gasteiger partial charge in [0.1, 0.15) is 5.01 Å². The third-order valence-corrected chi connectivity index (χ3v) is 7.18. The summed E-state index contributed by atoms with van der Waals surface area (Å²) in [5.74, 6) is 0.185. The molecule has 7 nitrogen and oxygen atoms in total. The highest BCUT2D eigenvalue weighted by molar-refractivity contribution is 7.91. The quantitative estimate of drug-likeness (QED) is 0.732. The molecular formula is C15H23N3O4S2. The predicted molar refractivity (Wildman–Crippen MR) is 91.7 cm³/mol. The van der Waals surface area contributed by atoms with E-state index in [4.69, 9.17) is 4.74 Å². The van der Waals surface area contributed by atoms with Crippen molar-refractivity contribution in [2.75, 3.05) is 44.9 Å². The van der Waals surface area contributed by atoms with Crippen molar-refractivity contribution in [2.24, 2.45) is 0 Å². The fourth-order valence-electron chi connectivity index (χ4n) is 3.02. The monoisotopic (exact) mass is 373 g/mol. The largest absolute Gasteiger partial charge is 0.379 e. The molecule has 1 amide bonds. The summed E-state index contributed by atoms with van der Waals surface area (Å²) < 4.78 is 28.4. The van der Waals surface area contributed by atoms with E-state index in [0.29, 0.717) is 6.42 Å². The van der Waals surface area contributed by atoms with Crippen molar-refractivity contribution in [3.8, 4) is 0 Å². The van der Waals surface area contributed by atoms with Crippen molar-refractivity contribution in [1.29, 1.82) is 0 Å². The van der Waals surface area contributed by atoms with Crippen LogP contribution in [0.5, 0.6) is 0 Å². The van der Waals surface area contributed by atoms with Crippen LogP contribution in [0, 0.1) is 0 Å². The second-order valence-electron chi connectivity index (χ2n) is 6.36. The minimum absolute atomic E-state index is 0.0691. The molecule has 2 aliphatic heterocycles. The zero-order valence-corrected chi connectivity index (χ0v) is 15.4. The Labute approximate surface area is 146 Å². The lowest BCUT2D eigenvalue weighted by Gasteiger charge is -2.25. The highest BCUT2D eigenvalue weighted by atomic mass is 32.2. The highest BCUT2D eigenvalue weighted by Crippen LogP contribution is 2.19. The van der Waals surface area contributed by atoms with E-state index in [9.17, 15) is 13.2 Å². The van der Waals surface area contributed by atoms with E-state index in [2.05, 4.69) is 9.88 Å². The summed E-state index contributed by atoms with van der Waals surface area (Å²) >= 11 is 1.57. The normalized spacial score (nSPS) is 24.1. The summed E-state index contributed by atoms with van der Waals surface area (Å²) in [4.78, 5) is 20.8. The van der Waals surface area contributed by atoms with Gasteiger partial charge in [0.15, 0.2) is 9.84 Å². The van der Waals surface area contributed by atoms with Gasteiger partial charge in [0.05, 0.1) is 43.4 Å². The molecule has 24 heavy (non-hydrogen) atoms. The SMILES string of the molecule is CN(C(=O)Cc1csc(CN2CCOCC2)n1)C1CCS(=O)(=O)C1. The van der Waals surface area contributed by atoms with E-state index in [1.165, 1.54) is 0 Å². The Morgan fingerprint density at radius 1 is 1.46 bits per heavy atom. The van der Waals surface area contributed by atoms with Gasteiger partial charge >= 0.3 is 0 Å². The molecule has 2 fully saturated rings. The average Bonchev–Trinajstić information content (AvgIpc) is 3.13. The Morgan fingerprint density at radius 3 is 2.88 bits per heavy atom. The number of hydrogen-bond donors (Lipinski definition) is 0. The molecule has 3 heterocycles. The van der Waals surface area contributed by atoms with Crippen LogP contribution in [0.15, 0.2) is 5.38 Å². The standard InChI is InChI=1S/C15H23N3O4S2/c1-17(13-2-7-24(20,21)11-13)15(19)8-12-10-23-14(16-12)9-18-3-5-22-6-4-18/h10,13H,2-9,11H2,1H3. The van der Waals surface area contributed by atoms with Gasteiger partial charge in [-0.25, -0.2) is 13.4 Å². The molecule has 0 N–H and O–H groups in total. The van der Waals surface area contributed by atoms with Crippen LogP contribution in [0.4, 0.5) is 0 Å². The van der Waals surface area contributed by atoms with Crippen molar-refractivity contribution in [1.82, 2.24) is 14.8 Å². The molecule has 1 unspecified atom stereocenters. The van der Waals surface area contributed by atoms with E-state index < -0.39 is 9.84 Å². The van der Waals surface area contributed by atoms with Crippen LogP contribution in [0.25, 0.3) is 0 Å². The second-order valence-corrected chi connectivity index (χ2v) is 9.53. The van der Waals surface area contributed by atoms with Gasteiger partial charge in [0, 0.05) is 31.6 Å². The lowest BCUT2D eigenvalue weighted by molar-refractivity contribution is -0.130. The predicted octanol–water partition coefficient (Wildman–Crippen LogP) is 0.163. The molecule has 9 heteroatoms. The molecule has 1 atom stereocenters. The van der Waals surface area contributed by atoms with E-state index in [1.807, 2.05) is 5.38 Å². The molecular weight excluding hydrogens is 350 g/mol. The van der Waals surface area contributed by atoms with Crippen LogP contribution >= 0.6 is 11.3 Å². The molecule has 1 aromatic heterocycles. The van der Waals surface area contributed by atoms with Gasteiger partial charge in [-0.2, -0.15) is 0 Å². The maximum atomic E-state index is 12.4. The van der Waals surface area contributed by atoms with Gasteiger partial charge in [-0.1, -0.05) is 0 Å².